The van der Waals surface area contributed by atoms with Crippen LogP contribution in [0.25, 0.3) is 11.1 Å². The summed E-state index contributed by atoms with van der Waals surface area (Å²) in [5.41, 5.74) is 5.81. The van der Waals surface area contributed by atoms with E-state index in [1.54, 1.807) is 28.4 Å². The molecule has 0 fully saturated rings. The number of hydrogen-bond donors (Lipinski definition) is 1. The van der Waals surface area contributed by atoms with E-state index >= 15 is 0 Å². The number of allylic oxidation sites excluding steroid dienone is 6. The summed E-state index contributed by atoms with van der Waals surface area (Å²) in [5.74, 6) is 0.624. The van der Waals surface area contributed by atoms with Crippen LogP contribution in [0.15, 0.2) is 65.4 Å². The minimum absolute atomic E-state index is 0.104. The molecule has 0 saturated heterocycles. The Morgan fingerprint density at radius 2 is 1.84 bits per heavy atom. The summed E-state index contributed by atoms with van der Waals surface area (Å²) in [5, 5.41) is 9.75. The Labute approximate surface area is 183 Å². The van der Waals surface area contributed by atoms with Crippen molar-refractivity contribution < 1.29 is 28.4 Å². The molecule has 1 atom stereocenters. The van der Waals surface area contributed by atoms with Crippen LogP contribution in [0.5, 0.6) is 5.75 Å². The predicted octanol–water partition coefficient (Wildman–Crippen LogP) is 5.76. The highest BCUT2D eigenvalue weighted by Crippen LogP contribution is 2.45. The van der Waals surface area contributed by atoms with Crippen molar-refractivity contribution in [3.05, 3.63) is 76.5 Å². The molecular formula is C25H31FO5. The van der Waals surface area contributed by atoms with Crippen LogP contribution in [0.2, 0.25) is 0 Å². The molecule has 3 rings (SSSR count). The highest BCUT2D eigenvalue weighted by Gasteiger charge is 2.28. The van der Waals surface area contributed by atoms with Gasteiger partial charge in [-0.25, -0.2) is 4.39 Å². The number of rotatable bonds is 6. The molecule has 0 radical (unpaired) electrons. The normalized spacial score (nSPS) is 19.0. The van der Waals surface area contributed by atoms with Gasteiger partial charge in [0, 0.05) is 34.2 Å². The van der Waals surface area contributed by atoms with Gasteiger partial charge >= 0.3 is 0 Å². The Kier molecular flexibility index (Phi) is 8.65. The monoisotopic (exact) mass is 430 g/mol. The number of ether oxygens (including phenoxy) is 4. The maximum atomic E-state index is 14.5. The van der Waals surface area contributed by atoms with E-state index in [4.69, 9.17) is 14.2 Å². The summed E-state index contributed by atoms with van der Waals surface area (Å²) in [7, 11) is 7.85. The number of halogens is 1. The molecule has 0 saturated carbocycles. The van der Waals surface area contributed by atoms with Crippen molar-refractivity contribution in [3.63, 3.8) is 0 Å². The van der Waals surface area contributed by atoms with Crippen molar-refractivity contribution in [1.29, 1.82) is 0 Å². The summed E-state index contributed by atoms with van der Waals surface area (Å²) >= 11 is 0. The van der Waals surface area contributed by atoms with Gasteiger partial charge in [0.2, 0.25) is 0 Å². The molecule has 1 N–H and O–H groups in total. The van der Waals surface area contributed by atoms with E-state index in [0.717, 1.165) is 39.2 Å². The van der Waals surface area contributed by atoms with Gasteiger partial charge in [0.05, 0.1) is 20.0 Å². The molecule has 31 heavy (non-hydrogen) atoms. The molecule has 0 aromatic heterocycles. The summed E-state index contributed by atoms with van der Waals surface area (Å²) in [6.45, 7) is 5.63. The van der Waals surface area contributed by atoms with Crippen molar-refractivity contribution in [1.82, 2.24) is 0 Å². The summed E-state index contributed by atoms with van der Waals surface area (Å²) < 4.78 is 34.6. The fourth-order valence-electron chi connectivity index (χ4n) is 3.78. The van der Waals surface area contributed by atoms with Gasteiger partial charge in [-0.15, -0.1) is 0 Å². The lowest BCUT2D eigenvalue weighted by Crippen LogP contribution is -2.20. The van der Waals surface area contributed by atoms with Crippen molar-refractivity contribution in [2.45, 2.75) is 25.9 Å². The number of methoxy groups -OCH3 is 4. The number of aliphatic hydroxyl groups excluding tert-OH is 1. The van der Waals surface area contributed by atoms with Crippen LogP contribution in [-0.4, -0.2) is 46.8 Å². The molecule has 0 heterocycles. The van der Waals surface area contributed by atoms with Crippen molar-refractivity contribution in [2.24, 2.45) is 0 Å². The molecular weight excluding hydrogens is 399 g/mol. The van der Waals surface area contributed by atoms with Gasteiger partial charge in [0.15, 0.2) is 11.6 Å². The summed E-state index contributed by atoms with van der Waals surface area (Å²) in [6.07, 6.45) is 3.86. The first-order valence-electron chi connectivity index (χ1n) is 9.85. The Morgan fingerprint density at radius 3 is 2.39 bits per heavy atom. The Bertz CT molecular complexity index is 953. The highest BCUT2D eigenvalue weighted by atomic mass is 19.1. The average molecular weight is 431 g/mol. The van der Waals surface area contributed by atoms with E-state index in [2.05, 4.69) is 11.3 Å². The van der Waals surface area contributed by atoms with Gasteiger partial charge in [-0.2, -0.15) is 0 Å². The van der Waals surface area contributed by atoms with Crippen LogP contribution < -0.4 is 4.74 Å². The standard InChI is InChI=1S/C23H25FO4.C2H6O/c1-13(25)8-18-14(2)19(20-12-16(26-3)6-7-17(18)20)9-15-10-21(24)23(28-5)22(11-15)27-4;1-3-2/h6-7,9-10,12,22,25H,1,8,11H2,2-5H3;1-2H3/b19-9-;. The quantitative estimate of drug-likeness (QED) is 0.581. The smallest absolute Gasteiger partial charge is 0.163 e. The zero-order valence-corrected chi connectivity index (χ0v) is 19.0. The maximum Gasteiger partial charge on any atom is 0.163 e. The minimum atomic E-state index is -0.464. The largest absolute Gasteiger partial charge is 0.513 e. The van der Waals surface area contributed by atoms with Gasteiger partial charge in [0.1, 0.15) is 11.9 Å². The van der Waals surface area contributed by atoms with Gasteiger partial charge in [-0.3, -0.25) is 0 Å². The van der Waals surface area contributed by atoms with E-state index in [1.807, 2.05) is 31.2 Å². The number of fused-ring (bicyclic) bond motifs is 1. The molecule has 2 aliphatic carbocycles. The van der Waals surface area contributed by atoms with Gasteiger partial charge < -0.3 is 24.1 Å². The van der Waals surface area contributed by atoms with Crippen LogP contribution in [0.1, 0.15) is 30.9 Å². The highest BCUT2D eigenvalue weighted by molar-refractivity contribution is 6.01. The topological polar surface area (TPSA) is 57.2 Å². The fourth-order valence-corrected chi connectivity index (χ4v) is 3.78. The van der Waals surface area contributed by atoms with Crippen LogP contribution in [-0.2, 0) is 14.2 Å². The molecule has 0 spiro atoms. The van der Waals surface area contributed by atoms with Crippen LogP contribution >= 0.6 is 0 Å². The second kappa shape index (κ2) is 11.0. The van der Waals surface area contributed by atoms with Crippen LogP contribution in [0, 0.1) is 0 Å². The van der Waals surface area contributed by atoms with Crippen LogP contribution in [0.4, 0.5) is 4.39 Å². The third kappa shape index (κ3) is 5.46. The number of benzene rings is 1. The zero-order chi connectivity index (χ0) is 23.1. The van der Waals surface area contributed by atoms with Crippen LogP contribution in [0.3, 0.4) is 0 Å². The Hall–Kier alpha value is -2.83. The molecule has 1 aromatic carbocycles. The van der Waals surface area contributed by atoms with Crippen molar-refractivity contribution >= 4 is 11.1 Å². The van der Waals surface area contributed by atoms with E-state index in [1.165, 1.54) is 13.2 Å². The predicted molar refractivity (Wildman–Crippen MR) is 122 cm³/mol. The van der Waals surface area contributed by atoms with Crippen molar-refractivity contribution in [2.75, 3.05) is 35.5 Å². The first-order valence-corrected chi connectivity index (χ1v) is 9.85. The number of hydrogen-bond acceptors (Lipinski definition) is 5. The van der Waals surface area contributed by atoms with E-state index in [9.17, 15) is 9.50 Å². The molecule has 0 bridgehead atoms. The second-order valence-corrected chi connectivity index (χ2v) is 7.29. The van der Waals surface area contributed by atoms with E-state index in [-0.39, 0.29) is 11.5 Å². The van der Waals surface area contributed by atoms with Gasteiger partial charge in [-0.05, 0) is 58.6 Å². The fraction of sp³-hybridized carbons (Fsp3) is 0.360. The lowest BCUT2D eigenvalue weighted by atomic mass is 9.94. The molecule has 0 aliphatic heterocycles. The number of aliphatic hydroxyl groups is 1. The van der Waals surface area contributed by atoms with Gasteiger partial charge in [0.25, 0.3) is 0 Å². The SMILES string of the molecule is C=C(O)CC1=C(C)/C(=C/C2=CC(F)=C(OC)C(OC)C2)c2cc(OC)ccc21.COC. The van der Waals surface area contributed by atoms with E-state index in [0.29, 0.717) is 12.8 Å². The maximum absolute atomic E-state index is 14.5. The Morgan fingerprint density at radius 1 is 1.16 bits per heavy atom. The lowest BCUT2D eigenvalue weighted by molar-refractivity contribution is 0.0726. The van der Waals surface area contributed by atoms with Gasteiger partial charge in [-0.1, -0.05) is 18.7 Å². The first-order chi connectivity index (χ1) is 14.8. The molecule has 2 aliphatic rings. The summed E-state index contributed by atoms with van der Waals surface area (Å²) in [6, 6.07) is 5.83. The zero-order valence-electron chi connectivity index (χ0n) is 19.0. The molecule has 168 valence electrons. The second-order valence-electron chi connectivity index (χ2n) is 7.29. The average Bonchev–Trinajstić information content (AvgIpc) is 2.98. The summed E-state index contributed by atoms with van der Waals surface area (Å²) in [4.78, 5) is 0. The Balaban J connectivity index is 0.00000107. The molecule has 6 heteroatoms. The lowest BCUT2D eigenvalue weighted by Gasteiger charge is -2.23. The molecule has 5 nitrogen and oxygen atoms in total. The molecule has 1 aromatic rings. The van der Waals surface area contributed by atoms with Crippen molar-refractivity contribution in [3.8, 4) is 5.75 Å². The molecule has 1 unspecified atom stereocenters. The van der Waals surface area contributed by atoms with E-state index < -0.39 is 11.9 Å². The third-order valence-electron chi connectivity index (χ3n) is 5.17. The minimum Gasteiger partial charge on any atom is -0.513 e. The third-order valence-corrected chi connectivity index (χ3v) is 5.17. The molecule has 0 amide bonds. The first kappa shape index (κ1) is 24.4.